The van der Waals surface area contributed by atoms with Gasteiger partial charge in [-0.25, -0.2) is 0 Å². The summed E-state index contributed by atoms with van der Waals surface area (Å²) in [6.45, 7) is 3.62. The van der Waals surface area contributed by atoms with E-state index >= 15 is 0 Å². The van der Waals surface area contributed by atoms with Crippen LogP contribution in [0, 0.1) is 0 Å². The quantitative estimate of drug-likeness (QED) is 0.739. The second-order valence-electron chi connectivity index (χ2n) is 4.08. The fraction of sp³-hybridized carbons (Fsp3) is 0.727. The third kappa shape index (κ3) is 4.86. The van der Waals surface area contributed by atoms with Crippen LogP contribution in [0.2, 0.25) is 5.02 Å². The van der Waals surface area contributed by atoms with Gasteiger partial charge in [0.05, 0.1) is 24.7 Å². The minimum absolute atomic E-state index is 0.00164. The number of halogens is 4. The van der Waals surface area contributed by atoms with Gasteiger partial charge >= 0.3 is 6.18 Å². The number of hydrogen-bond donors (Lipinski definition) is 0. The van der Waals surface area contributed by atoms with Crippen LogP contribution in [0.15, 0.2) is 6.20 Å². The Balaban J connectivity index is 2.45. The molecule has 0 aromatic carbocycles. The Kier molecular flexibility index (Phi) is 5.47. The minimum Gasteiger partial charge on any atom is -0.375 e. The fourth-order valence-corrected chi connectivity index (χ4v) is 1.47. The highest BCUT2D eigenvalue weighted by atomic mass is 35.5. The minimum atomic E-state index is -4.19. The van der Waals surface area contributed by atoms with Gasteiger partial charge in [0, 0.05) is 12.2 Å². The van der Waals surface area contributed by atoms with Crippen LogP contribution in [0.3, 0.4) is 0 Å². The summed E-state index contributed by atoms with van der Waals surface area (Å²) in [5, 5.41) is 4.61. The van der Waals surface area contributed by atoms with Gasteiger partial charge in [0.25, 0.3) is 0 Å². The van der Waals surface area contributed by atoms with E-state index in [0.29, 0.717) is 10.7 Å². The van der Waals surface area contributed by atoms with Crippen molar-refractivity contribution < 1.29 is 17.9 Å². The van der Waals surface area contributed by atoms with E-state index in [2.05, 4.69) is 5.10 Å². The number of nitrogens with zero attached hydrogens (tertiary/aromatic N) is 2. The second-order valence-corrected chi connectivity index (χ2v) is 4.49. The third-order valence-corrected chi connectivity index (χ3v) is 2.88. The van der Waals surface area contributed by atoms with E-state index in [0.717, 1.165) is 6.42 Å². The molecule has 18 heavy (non-hydrogen) atoms. The molecule has 7 heteroatoms. The van der Waals surface area contributed by atoms with E-state index in [9.17, 15) is 13.2 Å². The van der Waals surface area contributed by atoms with Gasteiger partial charge in [0.1, 0.15) is 5.69 Å². The molecule has 0 saturated heterocycles. The standard InChI is InChI=1S/C11H16ClF3N2O/c1-3-8(2)17-6-9(12)10(16-17)7-18-5-4-11(13,14)15/h6,8H,3-5,7H2,1-2H3/t8-/m1/s1. The van der Waals surface area contributed by atoms with Gasteiger partial charge in [-0.05, 0) is 13.3 Å². The van der Waals surface area contributed by atoms with Gasteiger partial charge in [0.15, 0.2) is 0 Å². The van der Waals surface area contributed by atoms with Crippen LogP contribution < -0.4 is 0 Å². The van der Waals surface area contributed by atoms with Crippen LogP contribution in [0.4, 0.5) is 13.2 Å². The first-order chi connectivity index (χ1) is 8.33. The molecule has 1 aromatic heterocycles. The first-order valence-corrected chi connectivity index (χ1v) is 6.09. The van der Waals surface area contributed by atoms with Gasteiger partial charge in [-0.2, -0.15) is 18.3 Å². The van der Waals surface area contributed by atoms with E-state index in [1.54, 1.807) is 10.9 Å². The van der Waals surface area contributed by atoms with Crippen molar-refractivity contribution in [3.63, 3.8) is 0 Å². The number of ether oxygens (including phenoxy) is 1. The van der Waals surface area contributed by atoms with Gasteiger partial charge in [-0.1, -0.05) is 18.5 Å². The van der Waals surface area contributed by atoms with Crippen molar-refractivity contribution in [1.82, 2.24) is 9.78 Å². The Bertz CT molecular complexity index is 379. The van der Waals surface area contributed by atoms with Crippen LogP contribution in [-0.2, 0) is 11.3 Å². The van der Waals surface area contributed by atoms with E-state index in [1.807, 2.05) is 13.8 Å². The van der Waals surface area contributed by atoms with Crippen molar-refractivity contribution in [1.29, 1.82) is 0 Å². The average molecular weight is 285 g/mol. The predicted molar refractivity (Wildman–Crippen MR) is 62.6 cm³/mol. The lowest BCUT2D eigenvalue weighted by atomic mass is 10.3. The van der Waals surface area contributed by atoms with E-state index in [4.69, 9.17) is 16.3 Å². The highest BCUT2D eigenvalue weighted by Gasteiger charge is 2.26. The molecule has 1 aromatic rings. The zero-order valence-corrected chi connectivity index (χ0v) is 11.1. The number of hydrogen-bond acceptors (Lipinski definition) is 2. The maximum Gasteiger partial charge on any atom is 0.391 e. The van der Waals surface area contributed by atoms with Crippen LogP contribution in [0.25, 0.3) is 0 Å². The maximum absolute atomic E-state index is 11.9. The molecule has 0 radical (unpaired) electrons. The largest absolute Gasteiger partial charge is 0.391 e. The summed E-state index contributed by atoms with van der Waals surface area (Å²) in [4.78, 5) is 0. The zero-order chi connectivity index (χ0) is 13.8. The van der Waals surface area contributed by atoms with Crippen molar-refractivity contribution >= 4 is 11.6 Å². The number of aromatic nitrogens is 2. The molecule has 3 nitrogen and oxygen atoms in total. The molecule has 0 aliphatic carbocycles. The molecule has 0 amide bonds. The third-order valence-electron chi connectivity index (χ3n) is 2.57. The van der Waals surface area contributed by atoms with Crippen LogP contribution in [0.5, 0.6) is 0 Å². The molecule has 0 aliphatic rings. The summed E-state index contributed by atoms with van der Waals surface area (Å²) in [7, 11) is 0. The van der Waals surface area contributed by atoms with Gasteiger partial charge in [0.2, 0.25) is 0 Å². The molecule has 0 bridgehead atoms. The second kappa shape index (κ2) is 6.43. The fourth-order valence-electron chi connectivity index (χ4n) is 1.27. The lowest BCUT2D eigenvalue weighted by molar-refractivity contribution is -0.146. The molecule has 1 atom stereocenters. The van der Waals surface area contributed by atoms with Crippen LogP contribution in [0.1, 0.15) is 38.4 Å². The number of rotatable bonds is 6. The Morgan fingerprint density at radius 3 is 2.72 bits per heavy atom. The van der Waals surface area contributed by atoms with Gasteiger partial charge in [-0.3, -0.25) is 4.68 Å². The summed E-state index contributed by atoms with van der Waals surface area (Å²) in [5.41, 5.74) is 0.471. The van der Waals surface area contributed by atoms with Crippen molar-refractivity contribution in [2.24, 2.45) is 0 Å². The lowest BCUT2D eigenvalue weighted by Gasteiger charge is -2.08. The van der Waals surface area contributed by atoms with Crippen LogP contribution >= 0.6 is 11.6 Å². The molecule has 0 saturated carbocycles. The molecule has 104 valence electrons. The van der Waals surface area contributed by atoms with Crippen molar-refractivity contribution in [3.05, 3.63) is 16.9 Å². The summed E-state index contributed by atoms with van der Waals surface area (Å²) in [6, 6.07) is 0.200. The zero-order valence-electron chi connectivity index (χ0n) is 10.3. The Morgan fingerprint density at radius 2 is 2.17 bits per heavy atom. The monoisotopic (exact) mass is 284 g/mol. The molecule has 0 aliphatic heterocycles. The number of alkyl halides is 3. The highest BCUT2D eigenvalue weighted by Crippen LogP contribution is 2.21. The smallest absolute Gasteiger partial charge is 0.375 e. The molecule has 1 heterocycles. The lowest BCUT2D eigenvalue weighted by Crippen LogP contribution is -2.11. The van der Waals surface area contributed by atoms with Gasteiger partial charge in [-0.15, -0.1) is 0 Å². The van der Waals surface area contributed by atoms with Crippen molar-refractivity contribution in [2.75, 3.05) is 6.61 Å². The van der Waals surface area contributed by atoms with Gasteiger partial charge < -0.3 is 4.74 Å². The predicted octanol–water partition coefficient (Wildman–Crippen LogP) is 3.98. The Morgan fingerprint density at radius 1 is 1.50 bits per heavy atom. The maximum atomic E-state index is 11.9. The van der Waals surface area contributed by atoms with Crippen molar-refractivity contribution in [3.8, 4) is 0 Å². The van der Waals surface area contributed by atoms with E-state index in [1.165, 1.54) is 0 Å². The molecule has 0 fully saturated rings. The SMILES string of the molecule is CC[C@@H](C)n1cc(Cl)c(COCCC(F)(F)F)n1. The topological polar surface area (TPSA) is 27.1 Å². The molecule has 1 rings (SSSR count). The molecular formula is C11H16ClF3N2O. The normalized spacial score (nSPS) is 13.9. The van der Waals surface area contributed by atoms with Crippen LogP contribution in [-0.4, -0.2) is 22.6 Å². The Labute approximate surface area is 109 Å². The highest BCUT2D eigenvalue weighted by molar-refractivity contribution is 6.31. The average Bonchev–Trinajstić information content (AvgIpc) is 2.64. The molecular weight excluding hydrogens is 269 g/mol. The van der Waals surface area contributed by atoms with Crippen molar-refractivity contribution in [2.45, 2.75) is 45.5 Å². The molecule has 0 unspecified atom stereocenters. The summed E-state index contributed by atoms with van der Waals surface area (Å²) in [5.74, 6) is 0. The molecule has 0 spiro atoms. The molecule has 0 N–H and O–H groups in total. The summed E-state index contributed by atoms with van der Waals surface area (Å²) in [6.07, 6.45) is -2.60. The Hall–Kier alpha value is -0.750. The first kappa shape index (κ1) is 15.3. The van der Waals surface area contributed by atoms with E-state index < -0.39 is 12.6 Å². The first-order valence-electron chi connectivity index (χ1n) is 5.71. The summed E-state index contributed by atoms with van der Waals surface area (Å²) >= 11 is 5.93. The van der Waals surface area contributed by atoms with E-state index in [-0.39, 0.29) is 19.3 Å². The summed E-state index contributed by atoms with van der Waals surface area (Å²) < 4.78 is 42.3.